The lowest BCUT2D eigenvalue weighted by molar-refractivity contribution is 0.279. The van der Waals surface area contributed by atoms with E-state index in [0.717, 1.165) is 16.7 Å². The maximum atomic E-state index is 11.7. The van der Waals surface area contributed by atoms with Crippen LogP contribution in [0.15, 0.2) is 59.9 Å². The van der Waals surface area contributed by atoms with Gasteiger partial charge in [0.15, 0.2) is 0 Å². The number of benzene rings is 2. The van der Waals surface area contributed by atoms with Crippen LogP contribution in [-0.2, 0) is 9.09 Å². The normalized spacial score (nSPS) is 23.3. The van der Waals surface area contributed by atoms with Crippen molar-refractivity contribution in [2.45, 2.75) is 38.5 Å². The van der Waals surface area contributed by atoms with Gasteiger partial charge in [-0.25, -0.2) is 0 Å². The smallest absolute Gasteiger partial charge is 0.351 e. The molecule has 2 aliphatic carbocycles. The summed E-state index contributed by atoms with van der Waals surface area (Å²) in [6, 6.07) is 15.7. The standard InChI is InChI=1S/C25H29O4P/c1-29-30(27,28)17-16-18-8-10-21(11-9-18)25(22-12-14-23(26)15-13-22)24-19-4-2-5-20(24)7-3-6-19/h8-17,19-20,26H,2-7H2,1H3,(H,27,28)/b17-16+,25-24?. The lowest BCUT2D eigenvalue weighted by Crippen LogP contribution is -2.25. The van der Waals surface area contributed by atoms with Gasteiger partial charge in [-0.15, -0.1) is 0 Å². The Balaban J connectivity index is 1.77. The molecule has 2 aliphatic rings. The fourth-order valence-electron chi connectivity index (χ4n) is 5.00. The molecule has 5 heteroatoms. The van der Waals surface area contributed by atoms with Gasteiger partial charge in [-0.2, -0.15) is 0 Å². The fraction of sp³-hybridized carbons (Fsp3) is 0.360. The Labute approximate surface area is 178 Å². The Morgan fingerprint density at radius 2 is 1.43 bits per heavy atom. The highest BCUT2D eigenvalue weighted by molar-refractivity contribution is 7.56. The van der Waals surface area contributed by atoms with Crippen molar-refractivity contribution < 1.29 is 19.1 Å². The molecule has 0 heterocycles. The maximum absolute atomic E-state index is 11.7. The quantitative estimate of drug-likeness (QED) is 0.531. The Morgan fingerprint density at radius 3 is 1.93 bits per heavy atom. The Hall–Kier alpha value is -2.13. The molecule has 2 fully saturated rings. The van der Waals surface area contributed by atoms with Crippen LogP contribution in [0.1, 0.15) is 55.2 Å². The molecule has 0 aromatic heterocycles. The van der Waals surface area contributed by atoms with Gasteiger partial charge in [0, 0.05) is 12.9 Å². The maximum Gasteiger partial charge on any atom is 0.351 e. The van der Waals surface area contributed by atoms with E-state index < -0.39 is 7.60 Å². The summed E-state index contributed by atoms with van der Waals surface area (Å²) in [5.74, 6) is 2.78. The number of hydrogen-bond donors (Lipinski definition) is 2. The van der Waals surface area contributed by atoms with Gasteiger partial charge in [0.05, 0.1) is 0 Å². The summed E-state index contributed by atoms with van der Waals surface area (Å²) >= 11 is 0. The minimum absolute atomic E-state index is 0.277. The van der Waals surface area contributed by atoms with Crippen LogP contribution >= 0.6 is 7.60 Å². The molecule has 2 aromatic rings. The summed E-state index contributed by atoms with van der Waals surface area (Å²) in [6.45, 7) is 0. The van der Waals surface area contributed by atoms with Crippen molar-refractivity contribution in [3.05, 3.63) is 76.6 Å². The van der Waals surface area contributed by atoms with Gasteiger partial charge >= 0.3 is 7.60 Å². The van der Waals surface area contributed by atoms with E-state index in [2.05, 4.69) is 16.7 Å². The Morgan fingerprint density at radius 1 is 0.933 bits per heavy atom. The fourth-order valence-corrected chi connectivity index (χ4v) is 5.49. The zero-order valence-corrected chi connectivity index (χ0v) is 18.2. The van der Waals surface area contributed by atoms with Crippen LogP contribution in [0.2, 0.25) is 0 Å². The first-order valence-corrected chi connectivity index (χ1v) is 12.3. The number of phenols is 1. The number of allylic oxidation sites excluding steroid dienone is 1. The van der Waals surface area contributed by atoms with E-state index in [1.807, 2.05) is 24.3 Å². The zero-order valence-electron chi connectivity index (χ0n) is 17.3. The van der Waals surface area contributed by atoms with Crippen molar-refractivity contribution in [1.29, 1.82) is 0 Å². The number of phenolic OH excluding ortho intramolecular Hbond substituents is 1. The van der Waals surface area contributed by atoms with Crippen LogP contribution < -0.4 is 0 Å². The molecule has 158 valence electrons. The van der Waals surface area contributed by atoms with E-state index in [-0.39, 0.29) is 5.75 Å². The molecule has 2 aromatic carbocycles. The summed E-state index contributed by atoms with van der Waals surface area (Å²) in [5.41, 5.74) is 6.03. The third kappa shape index (κ3) is 4.62. The highest BCUT2D eigenvalue weighted by atomic mass is 31.2. The predicted molar refractivity (Wildman–Crippen MR) is 121 cm³/mol. The first-order valence-electron chi connectivity index (χ1n) is 10.7. The minimum atomic E-state index is -3.67. The third-order valence-corrected chi connectivity index (χ3v) is 7.50. The number of aromatic hydroxyl groups is 1. The van der Waals surface area contributed by atoms with E-state index in [1.165, 1.54) is 57.0 Å². The van der Waals surface area contributed by atoms with Gasteiger partial charge in [-0.3, -0.25) is 4.57 Å². The van der Waals surface area contributed by atoms with Crippen molar-refractivity contribution in [2.24, 2.45) is 11.8 Å². The average Bonchev–Trinajstić information content (AvgIpc) is 2.75. The highest BCUT2D eigenvalue weighted by Crippen LogP contribution is 2.49. The SMILES string of the molecule is COP(=O)(O)/C=C/c1ccc(C(=C2C3CCCC2CCC3)c2ccc(O)cc2)cc1. The van der Waals surface area contributed by atoms with Crippen LogP contribution in [0, 0.1) is 11.8 Å². The van der Waals surface area contributed by atoms with Gasteiger partial charge in [-0.05, 0) is 78.0 Å². The van der Waals surface area contributed by atoms with Gasteiger partial charge in [0.25, 0.3) is 0 Å². The van der Waals surface area contributed by atoms with Crippen molar-refractivity contribution in [3.8, 4) is 5.75 Å². The van der Waals surface area contributed by atoms with Gasteiger partial charge in [0.2, 0.25) is 0 Å². The van der Waals surface area contributed by atoms with Crippen LogP contribution in [0.3, 0.4) is 0 Å². The first kappa shape index (κ1) is 21.1. The lowest BCUT2D eigenvalue weighted by Gasteiger charge is -2.39. The second-order valence-electron chi connectivity index (χ2n) is 8.32. The molecule has 1 atom stereocenters. The highest BCUT2D eigenvalue weighted by Gasteiger charge is 2.33. The average molecular weight is 424 g/mol. The molecule has 2 bridgehead atoms. The molecule has 0 aliphatic heterocycles. The van der Waals surface area contributed by atoms with Gasteiger partial charge in [0.1, 0.15) is 5.75 Å². The lowest BCUT2D eigenvalue weighted by atomic mass is 9.65. The molecule has 0 radical (unpaired) electrons. The summed E-state index contributed by atoms with van der Waals surface area (Å²) in [6.07, 6.45) is 9.29. The second-order valence-corrected chi connectivity index (χ2v) is 10.1. The van der Waals surface area contributed by atoms with Crippen molar-refractivity contribution in [3.63, 3.8) is 0 Å². The zero-order chi connectivity index (χ0) is 21.1. The molecule has 4 nitrogen and oxygen atoms in total. The van der Waals surface area contributed by atoms with Crippen LogP contribution in [-0.4, -0.2) is 17.1 Å². The van der Waals surface area contributed by atoms with Gasteiger partial charge < -0.3 is 14.5 Å². The molecule has 0 amide bonds. The van der Waals surface area contributed by atoms with Crippen molar-refractivity contribution in [2.75, 3.05) is 7.11 Å². The second kappa shape index (κ2) is 8.93. The molecule has 2 saturated carbocycles. The Kier molecular flexibility index (Phi) is 6.29. The molecular weight excluding hydrogens is 395 g/mol. The topological polar surface area (TPSA) is 66.8 Å². The van der Waals surface area contributed by atoms with Crippen molar-refractivity contribution in [1.82, 2.24) is 0 Å². The van der Waals surface area contributed by atoms with Crippen LogP contribution in [0.4, 0.5) is 0 Å². The van der Waals surface area contributed by atoms with E-state index in [0.29, 0.717) is 11.8 Å². The molecule has 1 unspecified atom stereocenters. The molecule has 0 saturated heterocycles. The third-order valence-electron chi connectivity index (χ3n) is 6.45. The van der Waals surface area contributed by atoms with E-state index >= 15 is 0 Å². The van der Waals surface area contributed by atoms with Crippen molar-refractivity contribution >= 4 is 19.2 Å². The van der Waals surface area contributed by atoms with Gasteiger partial charge in [-0.1, -0.05) is 54.8 Å². The molecule has 2 N–H and O–H groups in total. The van der Waals surface area contributed by atoms with E-state index in [1.54, 1.807) is 23.8 Å². The molecule has 0 spiro atoms. The number of rotatable bonds is 5. The summed E-state index contributed by atoms with van der Waals surface area (Å²) in [4.78, 5) is 9.58. The number of fused-ring (bicyclic) bond motifs is 2. The monoisotopic (exact) mass is 424 g/mol. The Bertz CT molecular complexity index is 965. The van der Waals surface area contributed by atoms with Crippen LogP contribution in [0.25, 0.3) is 11.6 Å². The summed E-state index contributed by atoms with van der Waals surface area (Å²) in [7, 11) is -2.44. The molecular formula is C25H29O4P. The first-order chi connectivity index (χ1) is 14.5. The number of hydrogen-bond acceptors (Lipinski definition) is 3. The van der Waals surface area contributed by atoms with E-state index in [9.17, 15) is 14.6 Å². The predicted octanol–water partition coefficient (Wildman–Crippen LogP) is 6.60. The van der Waals surface area contributed by atoms with E-state index in [4.69, 9.17) is 0 Å². The summed E-state index contributed by atoms with van der Waals surface area (Å²) < 4.78 is 16.3. The minimum Gasteiger partial charge on any atom is -0.508 e. The molecule has 30 heavy (non-hydrogen) atoms. The largest absolute Gasteiger partial charge is 0.508 e. The molecule has 4 rings (SSSR count). The summed E-state index contributed by atoms with van der Waals surface area (Å²) in [5, 5.41) is 9.78. The van der Waals surface area contributed by atoms with Crippen LogP contribution in [0.5, 0.6) is 5.75 Å².